The highest BCUT2D eigenvalue weighted by molar-refractivity contribution is 5.97. The minimum Gasteiger partial charge on any atom is -0.487 e. The van der Waals surface area contributed by atoms with E-state index in [-0.39, 0.29) is 11.7 Å². The largest absolute Gasteiger partial charge is 0.487 e. The Morgan fingerprint density at radius 1 is 1.10 bits per heavy atom. The molecule has 21 heavy (non-hydrogen) atoms. The van der Waals surface area contributed by atoms with Crippen molar-refractivity contribution >= 4 is 16.7 Å². The van der Waals surface area contributed by atoms with Crippen LogP contribution in [0, 0.1) is 0 Å². The average molecular weight is 286 g/mol. The third-order valence-corrected chi connectivity index (χ3v) is 4.02. The van der Waals surface area contributed by atoms with E-state index in [4.69, 9.17) is 4.74 Å². The van der Waals surface area contributed by atoms with E-state index in [2.05, 4.69) is 0 Å². The number of carboxylic acids is 1. The summed E-state index contributed by atoms with van der Waals surface area (Å²) in [4.78, 5) is 11.4. The van der Waals surface area contributed by atoms with Crippen LogP contribution in [0.3, 0.4) is 0 Å². The van der Waals surface area contributed by atoms with E-state index in [0.29, 0.717) is 12.2 Å². The fraction of sp³-hybridized carbons (Fsp3) is 0.353. The van der Waals surface area contributed by atoms with E-state index in [1.165, 1.54) is 0 Å². The summed E-state index contributed by atoms with van der Waals surface area (Å²) in [5, 5.41) is 21.2. The molecular weight excluding hydrogens is 268 g/mol. The topological polar surface area (TPSA) is 66.8 Å². The summed E-state index contributed by atoms with van der Waals surface area (Å²) in [6, 6.07) is 11.0. The molecule has 2 unspecified atom stereocenters. The molecule has 3 rings (SSSR count). The molecule has 0 amide bonds. The minimum absolute atomic E-state index is 0.145. The molecule has 2 aromatic carbocycles. The number of aliphatic hydroxyl groups excluding tert-OH is 1. The minimum atomic E-state index is -1.01. The molecule has 1 fully saturated rings. The van der Waals surface area contributed by atoms with Gasteiger partial charge in [0.05, 0.1) is 6.10 Å². The zero-order valence-electron chi connectivity index (χ0n) is 11.7. The molecule has 0 spiro atoms. The van der Waals surface area contributed by atoms with Crippen LogP contribution in [-0.2, 0) is 0 Å². The fourth-order valence-corrected chi connectivity index (χ4v) is 2.86. The zero-order valence-corrected chi connectivity index (χ0v) is 11.7. The lowest BCUT2D eigenvalue weighted by Crippen LogP contribution is -2.35. The zero-order chi connectivity index (χ0) is 14.8. The van der Waals surface area contributed by atoms with Crippen molar-refractivity contribution in [1.82, 2.24) is 0 Å². The van der Waals surface area contributed by atoms with Crippen molar-refractivity contribution in [2.45, 2.75) is 37.9 Å². The predicted octanol–water partition coefficient (Wildman–Crippen LogP) is 3.22. The van der Waals surface area contributed by atoms with E-state index in [9.17, 15) is 15.0 Å². The van der Waals surface area contributed by atoms with Crippen molar-refractivity contribution in [2.24, 2.45) is 0 Å². The van der Waals surface area contributed by atoms with Crippen LogP contribution >= 0.6 is 0 Å². The first-order chi connectivity index (χ1) is 10.1. The summed E-state index contributed by atoms with van der Waals surface area (Å²) in [6.07, 6.45) is 2.61. The molecule has 4 heteroatoms. The lowest BCUT2D eigenvalue weighted by molar-refractivity contribution is 0.00613. The van der Waals surface area contributed by atoms with Crippen LogP contribution in [-0.4, -0.2) is 28.4 Å². The molecular formula is C17H18O4. The Kier molecular flexibility index (Phi) is 3.80. The maximum absolute atomic E-state index is 11.4. The quantitative estimate of drug-likeness (QED) is 0.909. The lowest BCUT2D eigenvalue weighted by atomic mass is 9.94. The number of hydrogen-bond donors (Lipinski definition) is 2. The molecule has 0 saturated heterocycles. The third-order valence-electron chi connectivity index (χ3n) is 4.02. The van der Waals surface area contributed by atoms with Crippen molar-refractivity contribution in [3.63, 3.8) is 0 Å². The number of carboxylic acid groups (broad SMARTS) is 1. The van der Waals surface area contributed by atoms with Gasteiger partial charge in [0, 0.05) is 0 Å². The highest BCUT2D eigenvalue weighted by atomic mass is 16.5. The number of benzene rings is 2. The molecule has 4 nitrogen and oxygen atoms in total. The molecule has 0 bridgehead atoms. The molecule has 0 heterocycles. The van der Waals surface area contributed by atoms with Crippen LogP contribution in [0.5, 0.6) is 5.75 Å². The van der Waals surface area contributed by atoms with Gasteiger partial charge in [-0.1, -0.05) is 30.7 Å². The second kappa shape index (κ2) is 5.74. The van der Waals surface area contributed by atoms with Crippen molar-refractivity contribution < 1.29 is 19.7 Å². The Hall–Kier alpha value is -2.07. The number of ether oxygens (including phenoxy) is 1. The molecule has 1 aliphatic carbocycles. The van der Waals surface area contributed by atoms with Gasteiger partial charge in [0.25, 0.3) is 0 Å². The van der Waals surface area contributed by atoms with Gasteiger partial charge in [-0.25, -0.2) is 4.79 Å². The van der Waals surface area contributed by atoms with Crippen LogP contribution in [0.15, 0.2) is 36.4 Å². The number of aliphatic hydroxyl groups is 1. The molecule has 0 radical (unpaired) electrons. The van der Waals surface area contributed by atoms with Crippen LogP contribution < -0.4 is 4.74 Å². The average Bonchev–Trinajstić information content (AvgIpc) is 2.48. The lowest BCUT2D eigenvalue weighted by Gasteiger charge is -2.28. The molecule has 0 aliphatic heterocycles. The second-order valence-corrected chi connectivity index (χ2v) is 5.51. The Morgan fingerprint density at radius 2 is 1.76 bits per heavy atom. The summed E-state index contributed by atoms with van der Waals surface area (Å²) < 4.78 is 5.84. The van der Waals surface area contributed by atoms with Crippen molar-refractivity contribution in [3.8, 4) is 5.75 Å². The third kappa shape index (κ3) is 2.85. The van der Waals surface area contributed by atoms with Crippen LogP contribution in [0.4, 0.5) is 0 Å². The van der Waals surface area contributed by atoms with Gasteiger partial charge in [0.15, 0.2) is 0 Å². The van der Waals surface area contributed by atoms with E-state index in [1.54, 1.807) is 12.1 Å². The fourth-order valence-electron chi connectivity index (χ4n) is 2.86. The Morgan fingerprint density at radius 3 is 2.43 bits per heavy atom. The predicted molar refractivity (Wildman–Crippen MR) is 79.8 cm³/mol. The number of carbonyl (C=O) groups is 1. The van der Waals surface area contributed by atoms with Crippen LogP contribution in [0.2, 0.25) is 0 Å². The van der Waals surface area contributed by atoms with Crippen LogP contribution in [0.25, 0.3) is 10.8 Å². The van der Waals surface area contributed by atoms with Gasteiger partial charge >= 0.3 is 5.97 Å². The highest BCUT2D eigenvalue weighted by Gasteiger charge is 2.26. The van der Waals surface area contributed by atoms with Gasteiger partial charge in [-0.05, 0) is 42.2 Å². The first kappa shape index (κ1) is 13.9. The first-order valence-electron chi connectivity index (χ1n) is 7.26. The molecule has 1 saturated carbocycles. The monoisotopic (exact) mass is 286 g/mol. The smallest absolute Gasteiger partial charge is 0.339 e. The molecule has 0 aromatic heterocycles. The summed E-state index contributed by atoms with van der Waals surface area (Å²) >= 11 is 0. The highest BCUT2D eigenvalue weighted by Crippen LogP contribution is 2.30. The molecule has 1 aliphatic rings. The van der Waals surface area contributed by atoms with Crippen molar-refractivity contribution in [3.05, 3.63) is 42.0 Å². The first-order valence-corrected chi connectivity index (χ1v) is 7.26. The van der Waals surface area contributed by atoms with Gasteiger partial charge < -0.3 is 14.9 Å². The maximum atomic E-state index is 11.4. The molecule has 110 valence electrons. The summed E-state index contributed by atoms with van der Waals surface area (Å²) in [7, 11) is 0. The van der Waals surface area contributed by atoms with Crippen molar-refractivity contribution in [2.75, 3.05) is 0 Å². The van der Waals surface area contributed by atoms with Crippen molar-refractivity contribution in [1.29, 1.82) is 0 Å². The van der Waals surface area contributed by atoms with E-state index in [1.807, 2.05) is 24.3 Å². The van der Waals surface area contributed by atoms with E-state index >= 15 is 0 Å². The number of aromatic carboxylic acids is 1. The van der Waals surface area contributed by atoms with Gasteiger partial charge in [0.2, 0.25) is 0 Å². The Balaban J connectivity index is 1.99. The van der Waals surface area contributed by atoms with Gasteiger partial charge in [-0.3, -0.25) is 0 Å². The summed E-state index contributed by atoms with van der Waals surface area (Å²) in [5.74, 6) is -0.673. The SMILES string of the molecule is O=C(O)c1cc2ccccc2cc1OC1CCCCC1O. The van der Waals surface area contributed by atoms with Gasteiger partial charge in [-0.15, -0.1) is 0 Å². The summed E-state index contributed by atoms with van der Waals surface area (Å²) in [5.41, 5.74) is 0.145. The molecule has 2 atom stereocenters. The second-order valence-electron chi connectivity index (χ2n) is 5.51. The molecule has 2 aromatic rings. The Labute approximate surface area is 123 Å². The standard InChI is InChI=1S/C17H18O4/c18-14-7-3-4-8-15(14)21-16-10-12-6-2-1-5-11(12)9-13(16)17(19)20/h1-2,5-6,9-10,14-15,18H,3-4,7-8H2,(H,19,20). The van der Waals surface area contributed by atoms with Gasteiger partial charge in [0.1, 0.15) is 17.4 Å². The van der Waals surface area contributed by atoms with Crippen LogP contribution in [0.1, 0.15) is 36.0 Å². The van der Waals surface area contributed by atoms with E-state index in [0.717, 1.165) is 30.0 Å². The summed E-state index contributed by atoms with van der Waals surface area (Å²) in [6.45, 7) is 0. The number of hydrogen-bond acceptors (Lipinski definition) is 3. The number of fused-ring (bicyclic) bond motifs is 1. The Bertz CT molecular complexity index is 665. The molecule has 2 N–H and O–H groups in total. The maximum Gasteiger partial charge on any atom is 0.339 e. The normalized spacial score (nSPS) is 22.1. The number of rotatable bonds is 3. The van der Waals surface area contributed by atoms with E-state index < -0.39 is 12.1 Å². The van der Waals surface area contributed by atoms with Gasteiger partial charge in [-0.2, -0.15) is 0 Å².